The third kappa shape index (κ3) is 6.14. The molecular weight excluding hydrogens is 312 g/mol. The standard InChI is InChI=1S/C22H34O3/c1-5-24-16-19(21(23)25-22(2,3)4)20(17-12-8-6-9-13-17)18-14-10-7-11-15-18/h12,14H,5-11,13,15-16H2,1-4H3. The Morgan fingerprint density at radius 3 is 1.96 bits per heavy atom. The SMILES string of the molecule is CCOCC(C(=O)OC(C)(C)C)=C(C1=CCCCC1)C1=CCCCC1. The molecule has 0 unspecified atom stereocenters. The average Bonchev–Trinajstić information content (AvgIpc) is 2.58. The van der Waals surface area contributed by atoms with Crippen LogP contribution in [-0.4, -0.2) is 24.8 Å². The average molecular weight is 347 g/mol. The number of esters is 1. The van der Waals surface area contributed by atoms with Crippen molar-refractivity contribution in [2.24, 2.45) is 0 Å². The molecule has 3 heteroatoms. The number of carbonyl (C=O) groups is 1. The van der Waals surface area contributed by atoms with Crippen molar-refractivity contribution in [3.8, 4) is 0 Å². The number of hydrogen-bond donors (Lipinski definition) is 0. The Kier molecular flexibility index (Phi) is 7.49. The highest BCUT2D eigenvalue weighted by molar-refractivity contribution is 5.92. The minimum atomic E-state index is -0.498. The van der Waals surface area contributed by atoms with E-state index < -0.39 is 5.60 Å². The predicted octanol–water partition coefficient (Wildman–Crippen LogP) is 5.66. The molecule has 0 saturated heterocycles. The van der Waals surface area contributed by atoms with Gasteiger partial charge in [0.05, 0.1) is 12.2 Å². The van der Waals surface area contributed by atoms with Gasteiger partial charge in [-0.15, -0.1) is 0 Å². The monoisotopic (exact) mass is 346 g/mol. The fraction of sp³-hybridized carbons (Fsp3) is 0.682. The molecule has 140 valence electrons. The first-order valence-electron chi connectivity index (χ1n) is 9.85. The maximum absolute atomic E-state index is 13.0. The van der Waals surface area contributed by atoms with Crippen LogP contribution in [0.25, 0.3) is 0 Å². The van der Waals surface area contributed by atoms with Crippen molar-refractivity contribution >= 4 is 5.97 Å². The van der Waals surface area contributed by atoms with Gasteiger partial charge in [0.15, 0.2) is 0 Å². The normalized spacial score (nSPS) is 18.2. The number of rotatable bonds is 6. The van der Waals surface area contributed by atoms with Crippen LogP contribution in [0.4, 0.5) is 0 Å². The summed E-state index contributed by atoms with van der Waals surface area (Å²) >= 11 is 0. The first kappa shape index (κ1) is 20.0. The second-order valence-electron chi connectivity index (χ2n) is 7.94. The lowest BCUT2D eigenvalue weighted by atomic mass is 9.82. The molecule has 0 atom stereocenters. The van der Waals surface area contributed by atoms with Crippen LogP contribution in [0, 0.1) is 0 Å². The van der Waals surface area contributed by atoms with Crippen molar-refractivity contribution in [1.82, 2.24) is 0 Å². The molecule has 2 aliphatic carbocycles. The van der Waals surface area contributed by atoms with Crippen LogP contribution in [-0.2, 0) is 14.3 Å². The summed E-state index contributed by atoms with van der Waals surface area (Å²) in [4.78, 5) is 13.0. The Balaban J connectivity index is 2.48. The predicted molar refractivity (Wildman–Crippen MR) is 102 cm³/mol. The van der Waals surface area contributed by atoms with Crippen molar-refractivity contribution in [3.05, 3.63) is 34.4 Å². The highest BCUT2D eigenvalue weighted by Crippen LogP contribution is 2.36. The Hall–Kier alpha value is -1.35. The van der Waals surface area contributed by atoms with Gasteiger partial charge in [-0.1, -0.05) is 12.2 Å². The summed E-state index contributed by atoms with van der Waals surface area (Å²) < 4.78 is 11.4. The zero-order valence-electron chi connectivity index (χ0n) is 16.5. The second kappa shape index (κ2) is 9.38. The molecule has 0 bridgehead atoms. The fourth-order valence-corrected chi connectivity index (χ4v) is 3.50. The van der Waals surface area contributed by atoms with E-state index in [2.05, 4.69) is 12.2 Å². The fourth-order valence-electron chi connectivity index (χ4n) is 3.50. The first-order chi connectivity index (χ1) is 11.9. The largest absolute Gasteiger partial charge is 0.457 e. The van der Waals surface area contributed by atoms with Crippen molar-refractivity contribution in [2.45, 2.75) is 84.7 Å². The Bertz CT molecular complexity index is 530. The van der Waals surface area contributed by atoms with Crippen molar-refractivity contribution in [3.63, 3.8) is 0 Å². The number of allylic oxidation sites excluding steroid dienone is 5. The van der Waals surface area contributed by atoms with E-state index in [1.54, 1.807) is 0 Å². The summed E-state index contributed by atoms with van der Waals surface area (Å²) in [7, 11) is 0. The van der Waals surface area contributed by atoms with Crippen LogP contribution in [0.15, 0.2) is 34.4 Å². The van der Waals surface area contributed by atoms with Crippen LogP contribution in [0.3, 0.4) is 0 Å². The lowest BCUT2D eigenvalue weighted by Crippen LogP contribution is -2.27. The molecule has 0 aliphatic heterocycles. The van der Waals surface area contributed by atoms with Gasteiger partial charge < -0.3 is 9.47 Å². The molecule has 0 fully saturated rings. The third-order valence-electron chi connectivity index (χ3n) is 4.62. The van der Waals surface area contributed by atoms with Crippen LogP contribution in [0.5, 0.6) is 0 Å². The van der Waals surface area contributed by atoms with Gasteiger partial charge in [-0.2, -0.15) is 0 Å². The second-order valence-corrected chi connectivity index (χ2v) is 7.94. The van der Waals surface area contributed by atoms with E-state index in [4.69, 9.17) is 9.47 Å². The number of hydrogen-bond acceptors (Lipinski definition) is 3. The molecule has 25 heavy (non-hydrogen) atoms. The van der Waals surface area contributed by atoms with Gasteiger partial charge in [0, 0.05) is 6.61 Å². The van der Waals surface area contributed by atoms with E-state index in [1.165, 1.54) is 36.8 Å². The molecule has 0 N–H and O–H groups in total. The lowest BCUT2D eigenvalue weighted by Gasteiger charge is -2.26. The quantitative estimate of drug-likeness (QED) is 0.460. The summed E-state index contributed by atoms with van der Waals surface area (Å²) in [5, 5.41) is 0. The van der Waals surface area contributed by atoms with Gasteiger partial charge >= 0.3 is 5.97 Å². The minimum Gasteiger partial charge on any atom is -0.457 e. The van der Waals surface area contributed by atoms with E-state index in [0.717, 1.165) is 31.3 Å². The topological polar surface area (TPSA) is 35.5 Å². The summed E-state index contributed by atoms with van der Waals surface area (Å²) in [6, 6.07) is 0. The minimum absolute atomic E-state index is 0.228. The van der Waals surface area contributed by atoms with E-state index >= 15 is 0 Å². The van der Waals surface area contributed by atoms with Crippen LogP contribution in [0.2, 0.25) is 0 Å². The van der Waals surface area contributed by atoms with E-state index in [-0.39, 0.29) is 5.97 Å². The van der Waals surface area contributed by atoms with Gasteiger partial charge in [-0.25, -0.2) is 4.79 Å². The Labute approximate surface area is 153 Å². The zero-order valence-corrected chi connectivity index (χ0v) is 16.5. The Morgan fingerprint density at radius 2 is 1.56 bits per heavy atom. The van der Waals surface area contributed by atoms with Gasteiger partial charge in [-0.05, 0) is 95.8 Å². The summed E-state index contributed by atoms with van der Waals surface area (Å²) in [6.07, 6.45) is 13.8. The zero-order chi connectivity index (χ0) is 18.3. The molecule has 0 spiro atoms. The van der Waals surface area contributed by atoms with Gasteiger partial charge in [0.2, 0.25) is 0 Å². The summed E-state index contributed by atoms with van der Waals surface area (Å²) in [5.74, 6) is -0.228. The van der Waals surface area contributed by atoms with Crippen molar-refractivity contribution < 1.29 is 14.3 Å². The Morgan fingerprint density at radius 1 is 1.00 bits per heavy atom. The number of carbonyl (C=O) groups excluding carboxylic acids is 1. The molecule has 0 aromatic heterocycles. The molecule has 0 heterocycles. The molecular formula is C22H34O3. The first-order valence-corrected chi connectivity index (χ1v) is 9.85. The van der Waals surface area contributed by atoms with E-state index in [1.807, 2.05) is 27.7 Å². The van der Waals surface area contributed by atoms with Gasteiger partial charge in [0.1, 0.15) is 5.60 Å². The van der Waals surface area contributed by atoms with E-state index in [0.29, 0.717) is 18.8 Å². The highest BCUT2D eigenvalue weighted by atomic mass is 16.6. The molecule has 3 nitrogen and oxygen atoms in total. The maximum Gasteiger partial charge on any atom is 0.337 e. The van der Waals surface area contributed by atoms with Crippen molar-refractivity contribution in [2.75, 3.05) is 13.2 Å². The van der Waals surface area contributed by atoms with Crippen molar-refractivity contribution in [1.29, 1.82) is 0 Å². The summed E-state index contributed by atoms with van der Waals surface area (Å²) in [6.45, 7) is 8.65. The van der Waals surface area contributed by atoms with Gasteiger partial charge in [-0.3, -0.25) is 0 Å². The molecule has 2 rings (SSSR count). The van der Waals surface area contributed by atoms with E-state index in [9.17, 15) is 4.79 Å². The third-order valence-corrected chi connectivity index (χ3v) is 4.62. The molecule has 2 aliphatic rings. The molecule has 0 amide bonds. The number of ether oxygens (including phenoxy) is 2. The highest BCUT2D eigenvalue weighted by Gasteiger charge is 2.27. The smallest absolute Gasteiger partial charge is 0.337 e. The molecule has 0 saturated carbocycles. The summed E-state index contributed by atoms with van der Waals surface area (Å²) in [5.41, 5.74) is 3.97. The lowest BCUT2D eigenvalue weighted by molar-refractivity contribution is -0.150. The molecule has 0 aromatic rings. The molecule has 0 radical (unpaired) electrons. The van der Waals surface area contributed by atoms with Crippen LogP contribution in [0.1, 0.15) is 79.1 Å². The van der Waals surface area contributed by atoms with Gasteiger partial charge in [0.25, 0.3) is 0 Å². The van der Waals surface area contributed by atoms with Crippen LogP contribution >= 0.6 is 0 Å². The maximum atomic E-state index is 13.0. The molecule has 0 aromatic carbocycles. The van der Waals surface area contributed by atoms with Crippen LogP contribution < -0.4 is 0 Å².